The second-order valence-corrected chi connectivity index (χ2v) is 5.74. The average Bonchev–Trinajstić information content (AvgIpc) is 2.60. The maximum atomic E-state index is 5.99. The summed E-state index contributed by atoms with van der Waals surface area (Å²) in [5.41, 5.74) is 6.20. The predicted octanol–water partition coefficient (Wildman–Crippen LogP) is 0.703. The van der Waals surface area contributed by atoms with Gasteiger partial charge in [-0.3, -0.25) is 4.90 Å². The summed E-state index contributed by atoms with van der Waals surface area (Å²) in [6.07, 6.45) is 3.37. The van der Waals surface area contributed by atoms with Crippen molar-refractivity contribution >= 4 is 11.8 Å². The lowest BCUT2D eigenvalue weighted by molar-refractivity contribution is 0.102. The Morgan fingerprint density at radius 3 is 2.67 bits per heavy atom. The highest BCUT2D eigenvalue weighted by molar-refractivity contribution is 7.98. The van der Waals surface area contributed by atoms with Crippen LogP contribution in [0.2, 0.25) is 0 Å². The van der Waals surface area contributed by atoms with Crippen LogP contribution in [-0.4, -0.2) is 67.1 Å². The molecule has 0 saturated carbocycles. The summed E-state index contributed by atoms with van der Waals surface area (Å²) in [5, 5.41) is 0. The number of hydrogen-bond acceptors (Lipinski definition) is 4. The van der Waals surface area contributed by atoms with Gasteiger partial charge in [-0.2, -0.15) is 11.8 Å². The van der Waals surface area contributed by atoms with E-state index in [1.54, 1.807) is 0 Å². The van der Waals surface area contributed by atoms with Gasteiger partial charge in [-0.05, 0) is 40.2 Å². The molecule has 3 nitrogen and oxygen atoms in total. The number of rotatable bonds is 5. The molecule has 0 aromatic carbocycles. The fourth-order valence-electron chi connectivity index (χ4n) is 2.48. The van der Waals surface area contributed by atoms with Crippen LogP contribution in [0.4, 0.5) is 0 Å². The van der Waals surface area contributed by atoms with Crippen molar-refractivity contribution in [2.75, 3.05) is 45.7 Å². The van der Waals surface area contributed by atoms with Gasteiger partial charge in [0.15, 0.2) is 0 Å². The van der Waals surface area contributed by atoms with Gasteiger partial charge >= 0.3 is 0 Å². The Hall–Kier alpha value is 0.230. The van der Waals surface area contributed by atoms with E-state index in [0.29, 0.717) is 6.04 Å². The molecule has 1 fully saturated rings. The molecular weight excluding hydrogens is 206 g/mol. The number of nitrogens with zero attached hydrogens (tertiary/aromatic N) is 2. The molecule has 0 spiro atoms. The zero-order valence-electron chi connectivity index (χ0n) is 10.5. The first-order valence-corrected chi connectivity index (χ1v) is 7.05. The third-order valence-corrected chi connectivity index (χ3v) is 4.54. The summed E-state index contributed by atoms with van der Waals surface area (Å²) >= 11 is 1.91. The van der Waals surface area contributed by atoms with Crippen molar-refractivity contribution in [3.8, 4) is 0 Å². The molecule has 1 aliphatic rings. The van der Waals surface area contributed by atoms with E-state index in [9.17, 15) is 0 Å². The molecule has 0 amide bonds. The quantitative estimate of drug-likeness (QED) is 0.755. The maximum Gasteiger partial charge on any atom is 0.0470 e. The third-order valence-electron chi connectivity index (χ3n) is 3.72. The lowest BCUT2D eigenvalue weighted by Gasteiger charge is -2.41. The molecule has 1 saturated heterocycles. The molecule has 0 bridgehead atoms. The van der Waals surface area contributed by atoms with E-state index in [1.807, 2.05) is 11.8 Å². The zero-order chi connectivity index (χ0) is 11.5. The first-order chi connectivity index (χ1) is 7.05. The summed E-state index contributed by atoms with van der Waals surface area (Å²) < 4.78 is 0. The van der Waals surface area contributed by atoms with Gasteiger partial charge in [0.1, 0.15) is 0 Å². The highest BCUT2D eigenvalue weighted by atomic mass is 32.2. The van der Waals surface area contributed by atoms with E-state index in [2.05, 4.69) is 37.1 Å². The Balaban J connectivity index is 2.65. The number of likely N-dealkylation sites (tertiary alicyclic amines) is 1. The van der Waals surface area contributed by atoms with Crippen molar-refractivity contribution in [1.29, 1.82) is 0 Å². The molecule has 0 aliphatic carbocycles. The predicted molar refractivity (Wildman–Crippen MR) is 69.5 cm³/mol. The van der Waals surface area contributed by atoms with E-state index in [0.717, 1.165) is 13.1 Å². The van der Waals surface area contributed by atoms with Crippen LogP contribution in [0.25, 0.3) is 0 Å². The lowest BCUT2D eigenvalue weighted by atomic mass is 9.95. The van der Waals surface area contributed by atoms with Gasteiger partial charge in [-0.15, -0.1) is 0 Å². The van der Waals surface area contributed by atoms with Gasteiger partial charge in [0.05, 0.1) is 0 Å². The van der Waals surface area contributed by atoms with Crippen molar-refractivity contribution in [2.24, 2.45) is 5.73 Å². The van der Waals surface area contributed by atoms with Gasteiger partial charge in [0.2, 0.25) is 0 Å². The summed E-state index contributed by atoms with van der Waals surface area (Å²) in [5.74, 6) is 1.18. The SMILES string of the molecule is CSCC(C)N(C)C1(CN)CCN(C)C1. The summed E-state index contributed by atoms with van der Waals surface area (Å²) in [7, 11) is 4.41. The summed E-state index contributed by atoms with van der Waals surface area (Å²) in [6, 6.07) is 0.607. The highest BCUT2D eigenvalue weighted by Gasteiger charge is 2.40. The summed E-state index contributed by atoms with van der Waals surface area (Å²) in [4.78, 5) is 4.88. The fourth-order valence-corrected chi connectivity index (χ4v) is 3.18. The van der Waals surface area contributed by atoms with Crippen LogP contribution in [0.5, 0.6) is 0 Å². The Morgan fingerprint density at radius 2 is 2.27 bits per heavy atom. The third kappa shape index (κ3) is 2.87. The maximum absolute atomic E-state index is 5.99. The van der Waals surface area contributed by atoms with E-state index < -0.39 is 0 Å². The second kappa shape index (κ2) is 5.53. The molecule has 2 unspecified atom stereocenters. The molecule has 0 aromatic rings. The van der Waals surface area contributed by atoms with Crippen molar-refractivity contribution in [3.05, 3.63) is 0 Å². The largest absolute Gasteiger partial charge is 0.329 e. The first-order valence-electron chi connectivity index (χ1n) is 5.66. The minimum absolute atomic E-state index is 0.212. The monoisotopic (exact) mass is 231 g/mol. The molecular formula is C11H25N3S. The standard InChI is InChI=1S/C11H25N3S/c1-10(7-15-4)14(3)11(8-12)5-6-13(2)9-11/h10H,5-9,12H2,1-4H3. The minimum Gasteiger partial charge on any atom is -0.329 e. The molecule has 0 aromatic heterocycles. The molecule has 0 radical (unpaired) electrons. The molecule has 1 heterocycles. The zero-order valence-corrected chi connectivity index (χ0v) is 11.3. The topological polar surface area (TPSA) is 32.5 Å². The van der Waals surface area contributed by atoms with Crippen LogP contribution in [0.1, 0.15) is 13.3 Å². The van der Waals surface area contributed by atoms with Gasteiger partial charge in [0.25, 0.3) is 0 Å². The number of nitrogens with two attached hydrogens (primary N) is 1. The minimum atomic E-state index is 0.212. The summed E-state index contributed by atoms with van der Waals surface area (Å²) in [6.45, 7) is 5.35. The van der Waals surface area contributed by atoms with Gasteiger partial charge in [-0.25, -0.2) is 0 Å². The molecule has 1 rings (SSSR count). The fraction of sp³-hybridized carbons (Fsp3) is 1.00. The van der Waals surface area contributed by atoms with Gasteiger partial charge in [-0.1, -0.05) is 0 Å². The molecule has 90 valence electrons. The average molecular weight is 231 g/mol. The van der Waals surface area contributed by atoms with E-state index in [-0.39, 0.29) is 5.54 Å². The normalized spacial score (nSPS) is 30.0. The Morgan fingerprint density at radius 1 is 1.60 bits per heavy atom. The number of thioether (sulfide) groups is 1. The first kappa shape index (κ1) is 13.3. The molecule has 2 N–H and O–H groups in total. The highest BCUT2D eigenvalue weighted by Crippen LogP contribution is 2.27. The van der Waals surface area contributed by atoms with Crippen molar-refractivity contribution in [3.63, 3.8) is 0 Å². The van der Waals surface area contributed by atoms with Gasteiger partial charge < -0.3 is 10.6 Å². The molecule has 15 heavy (non-hydrogen) atoms. The lowest BCUT2D eigenvalue weighted by Crippen LogP contribution is -2.57. The van der Waals surface area contributed by atoms with Crippen molar-refractivity contribution in [2.45, 2.75) is 24.9 Å². The van der Waals surface area contributed by atoms with Crippen LogP contribution in [-0.2, 0) is 0 Å². The van der Waals surface area contributed by atoms with Gasteiger partial charge in [0, 0.05) is 30.4 Å². The van der Waals surface area contributed by atoms with Crippen LogP contribution in [0.15, 0.2) is 0 Å². The smallest absolute Gasteiger partial charge is 0.0470 e. The van der Waals surface area contributed by atoms with E-state index in [1.165, 1.54) is 18.7 Å². The van der Waals surface area contributed by atoms with Crippen molar-refractivity contribution in [1.82, 2.24) is 9.80 Å². The van der Waals surface area contributed by atoms with Crippen LogP contribution >= 0.6 is 11.8 Å². The number of hydrogen-bond donors (Lipinski definition) is 1. The molecule has 2 atom stereocenters. The van der Waals surface area contributed by atoms with Crippen LogP contribution in [0.3, 0.4) is 0 Å². The van der Waals surface area contributed by atoms with Crippen LogP contribution in [0, 0.1) is 0 Å². The Bertz CT molecular complexity index is 200. The molecule has 1 aliphatic heterocycles. The number of likely N-dealkylation sites (N-methyl/N-ethyl adjacent to an activating group) is 2. The second-order valence-electron chi connectivity index (χ2n) is 4.83. The Kier molecular flexibility index (Phi) is 4.90. The Labute approximate surface area is 98.4 Å². The van der Waals surface area contributed by atoms with Crippen molar-refractivity contribution < 1.29 is 0 Å². The van der Waals surface area contributed by atoms with E-state index >= 15 is 0 Å². The van der Waals surface area contributed by atoms with Crippen LogP contribution < -0.4 is 5.73 Å². The molecule has 4 heteroatoms. The van der Waals surface area contributed by atoms with E-state index in [4.69, 9.17) is 5.73 Å².